The van der Waals surface area contributed by atoms with Crippen LogP contribution in [0.2, 0.25) is 5.02 Å². The first-order valence-corrected chi connectivity index (χ1v) is 8.50. The van der Waals surface area contributed by atoms with Crippen LogP contribution >= 0.6 is 11.6 Å². The van der Waals surface area contributed by atoms with E-state index >= 15 is 0 Å². The fraction of sp³-hybridized carbons (Fsp3) is 0.438. The molecule has 2 fully saturated rings. The highest BCUT2D eigenvalue weighted by Crippen LogP contribution is 2.34. The molecule has 0 aliphatic carbocycles. The number of aromatic nitrogens is 2. The lowest BCUT2D eigenvalue weighted by atomic mass is 10.1. The first-order chi connectivity index (χ1) is 11.6. The summed E-state index contributed by atoms with van der Waals surface area (Å²) in [7, 11) is 0. The van der Waals surface area contributed by atoms with Crippen LogP contribution in [0.5, 0.6) is 0 Å². The summed E-state index contributed by atoms with van der Waals surface area (Å²) in [6.07, 6.45) is 4.09. The van der Waals surface area contributed by atoms with Gasteiger partial charge in [-0.15, -0.1) is 0 Å². The Labute approximate surface area is 143 Å². The molecule has 3 amide bonds. The predicted molar refractivity (Wildman–Crippen MR) is 91.4 cm³/mol. The van der Waals surface area contributed by atoms with Crippen molar-refractivity contribution in [1.29, 1.82) is 0 Å². The second kappa shape index (κ2) is 6.07. The molecule has 2 N–H and O–H groups in total. The van der Waals surface area contributed by atoms with Crippen LogP contribution in [-0.4, -0.2) is 41.4 Å². The zero-order chi connectivity index (χ0) is 16.7. The van der Waals surface area contributed by atoms with E-state index in [2.05, 4.69) is 15.7 Å². The van der Waals surface area contributed by atoms with E-state index in [-0.39, 0.29) is 12.3 Å². The number of benzene rings is 1. The summed E-state index contributed by atoms with van der Waals surface area (Å²) in [6.45, 7) is 2.28. The molecule has 0 radical (unpaired) electrons. The third-order valence-electron chi connectivity index (χ3n) is 4.66. The highest BCUT2D eigenvalue weighted by Gasteiger charge is 2.27. The third kappa shape index (κ3) is 2.63. The topological polar surface area (TPSA) is 79.3 Å². The molecular weight excluding hydrogens is 330 g/mol. The van der Waals surface area contributed by atoms with Crippen molar-refractivity contribution in [3.05, 3.63) is 23.4 Å². The van der Waals surface area contributed by atoms with E-state index in [9.17, 15) is 9.59 Å². The molecule has 2 aromatic rings. The minimum Gasteiger partial charge on any atom is -0.317 e. The van der Waals surface area contributed by atoms with Crippen LogP contribution in [0.4, 0.5) is 10.5 Å². The monoisotopic (exact) mass is 347 g/mol. The second-order valence-electron chi connectivity index (χ2n) is 6.18. The molecule has 24 heavy (non-hydrogen) atoms. The predicted octanol–water partition coefficient (Wildman–Crippen LogP) is 2.06. The smallest absolute Gasteiger partial charge is 0.317 e. The number of halogens is 1. The summed E-state index contributed by atoms with van der Waals surface area (Å²) in [5.41, 5.74) is 1.62. The Bertz CT molecular complexity index is 812. The number of nitrogens with zero attached hydrogens (tertiary/aromatic N) is 3. The van der Waals surface area contributed by atoms with Crippen LogP contribution in [0.15, 0.2) is 18.3 Å². The van der Waals surface area contributed by atoms with Crippen LogP contribution in [0.25, 0.3) is 10.9 Å². The van der Waals surface area contributed by atoms with Crippen molar-refractivity contribution >= 4 is 40.1 Å². The van der Waals surface area contributed by atoms with E-state index in [0.29, 0.717) is 23.3 Å². The van der Waals surface area contributed by atoms with Crippen molar-refractivity contribution in [2.24, 2.45) is 0 Å². The fourth-order valence-electron chi connectivity index (χ4n) is 3.45. The van der Waals surface area contributed by atoms with E-state index in [0.717, 1.165) is 36.8 Å². The van der Waals surface area contributed by atoms with Crippen LogP contribution in [0, 0.1) is 0 Å². The molecule has 4 rings (SSSR count). The highest BCUT2D eigenvalue weighted by atomic mass is 35.5. The van der Waals surface area contributed by atoms with Gasteiger partial charge < -0.3 is 5.32 Å². The molecule has 2 aliphatic rings. The molecular formula is C16H18ClN5O2. The molecule has 1 aromatic heterocycles. The molecule has 2 saturated heterocycles. The lowest BCUT2D eigenvalue weighted by Crippen LogP contribution is -2.49. The maximum atomic E-state index is 12.2. The van der Waals surface area contributed by atoms with Gasteiger partial charge in [0, 0.05) is 23.4 Å². The van der Waals surface area contributed by atoms with Crippen molar-refractivity contribution in [3.8, 4) is 0 Å². The number of carbonyl (C=O) groups excluding carboxylic acids is 2. The molecule has 8 heteroatoms. The molecule has 2 aliphatic heterocycles. The summed E-state index contributed by atoms with van der Waals surface area (Å²) < 4.78 is 2.01. The van der Waals surface area contributed by atoms with Crippen LogP contribution < -0.4 is 15.5 Å². The lowest BCUT2D eigenvalue weighted by molar-refractivity contribution is -0.120. The first-order valence-electron chi connectivity index (χ1n) is 8.12. The van der Waals surface area contributed by atoms with Crippen molar-refractivity contribution in [2.45, 2.75) is 25.3 Å². The van der Waals surface area contributed by atoms with Crippen LogP contribution in [0.3, 0.4) is 0 Å². The third-order valence-corrected chi connectivity index (χ3v) is 4.88. The summed E-state index contributed by atoms with van der Waals surface area (Å²) in [5, 5.41) is 11.7. The van der Waals surface area contributed by atoms with Gasteiger partial charge in [0.15, 0.2) is 0 Å². The molecule has 0 bridgehead atoms. The number of hydrogen-bond donors (Lipinski definition) is 2. The number of anilines is 1. The average Bonchev–Trinajstić information content (AvgIpc) is 2.99. The summed E-state index contributed by atoms with van der Waals surface area (Å²) >= 11 is 6.31. The minimum absolute atomic E-state index is 0.250. The average molecular weight is 348 g/mol. The van der Waals surface area contributed by atoms with Gasteiger partial charge >= 0.3 is 6.03 Å². The molecule has 0 unspecified atom stereocenters. The number of fused-ring (bicyclic) bond motifs is 1. The first kappa shape index (κ1) is 15.4. The number of urea groups is 1. The normalized spacial score (nSPS) is 19.8. The van der Waals surface area contributed by atoms with Crippen molar-refractivity contribution in [3.63, 3.8) is 0 Å². The van der Waals surface area contributed by atoms with E-state index in [1.54, 1.807) is 17.2 Å². The molecule has 1 aromatic carbocycles. The molecule has 3 heterocycles. The SMILES string of the molecule is O=C1CCN(c2cc(Cl)cc3c2cnn3C2CCNCC2)C(=O)N1. The van der Waals surface area contributed by atoms with Gasteiger partial charge in [-0.2, -0.15) is 5.10 Å². The van der Waals surface area contributed by atoms with Crippen molar-refractivity contribution in [2.75, 3.05) is 24.5 Å². The maximum absolute atomic E-state index is 12.2. The molecule has 0 spiro atoms. The quantitative estimate of drug-likeness (QED) is 0.871. The Hall–Kier alpha value is -2.12. The number of hydrogen-bond acceptors (Lipinski definition) is 4. The van der Waals surface area contributed by atoms with Gasteiger partial charge in [-0.05, 0) is 38.1 Å². The van der Waals surface area contributed by atoms with Crippen molar-refractivity contribution in [1.82, 2.24) is 20.4 Å². The standard InChI is InChI=1S/C16H18ClN5O2/c17-10-7-13(21-6-3-15(23)20-16(21)24)12-9-19-22(14(12)8-10)11-1-4-18-5-2-11/h7-9,11,18H,1-6H2,(H,20,23,24). The van der Waals surface area contributed by atoms with E-state index < -0.39 is 6.03 Å². The Balaban J connectivity index is 1.78. The van der Waals surface area contributed by atoms with Gasteiger partial charge in [-0.1, -0.05) is 11.6 Å². The molecule has 126 valence electrons. The lowest BCUT2D eigenvalue weighted by Gasteiger charge is -2.27. The molecule has 7 nitrogen and oxygen atoms in total. The Morgan fingerprint density at radius 1 is 1.21 bits per heavy atom. The zero-order valence-corrected chi connectivity index (χ0v) is 13.8. The molecule has 0 atom stereocenters. The maximum Gasteiger partial charge on any atom is 0.328 e. The van der Waals surface area contributed by atoms with Crippen molar-refractivity contribution < 1.29 is 9.59 Å². The highest BCUT2D eigenvalue weighted by molar-refractivity contribution is 6.32. The van der Waals surface area contributed by atoms with E-state index in [1.807, 2.05) is 10.7 Å². The summed E-state index contributed by atoms with van der Waals surface area (Å²) in [6, 6.07) is 3.56. The van der Waals surface area contributed by atoms with Gasteiger partial charge in [-0.3, -0.25) is 19.7 Å². The van der Waals surface area contributed by atoms with Gasteiger partial charge in [0.25, 0.3) is 0 Å². The van der Waals surface area contributed by atoms with Gasteiger partial charge in [0.05, 0.1) is 23.4 Å². The second-order valence-corrected chi connectivity index (χ2v) is 6.62. The summed E-state index contributed by atoms with van der Waals surface area (Å²) in [4.78, 5) is 25.1. The Morgan fingerprint density at radius 2 is 2.00 bits per heavy atom. The minimum atomic E-state index is -0.413. The van der Waals surface area contributed by atoms with E-state index in [4.69, 9.17) is 11.6 Å². The largest absolute Gasteiger partial charge is 0.328 e. The number of amides is 3. The van der Waals surface area contributed by atoms with Gasteiger partial charge in [0.2, 0.25) is 5.91 Å². The Kier molecular flexibility index (Phi) is 3.90. The van der Waals surface area contributed by atoms with E-state index in [1.165, 1.54) is 0 Å². The summed E-state index contributed by atoms with van der Waals surface area (Å²) in [5.74, 6) is -0.250. The zero-order valence-electron chi connectivity index (χ0n) is 13.1. The number of nitrogens with one attached hydrogen (secondary N) is 2. The van der Waals surface area contributed by atoms with Crippen LogP contribution in [-0.2, 0) is 4.79 Å². The van der Waals surface area contributed by atoms with Crippen LogP contribution in [0.1, 0.15) is 25.3 Å². The number of rotatable bonds is 2. The number of piperidine rings is 1. The van der Waals surface area contributed by atoms with Gasteiger partial charge in [0.1, 0.15) is 0 Å². The fourth-order valence-corrected chi connectivity index (χ4v) is 3.66. The number of carbonyl (C=O) groups is 2. The molecule has 0 saturated carbocycles. The Morgan fingerprint density at radius 3 is 2.75 bits per heavy atom. The number of imide groups is 1. The van der Waals surface area contributed by atoms with Gasteiger partial charge in [-0.25, -0.2) is 4.79 Å².